The van der Waals surface area contributed by atoms with Crippen LogP contribution in [0.5, 0.6) is 11.5 Å². The lowest BCUT2D eigenvalue weighted by atomic mass is 10.2. The molecule has 0 atom stereocenters. The van der Waals surface area contributed by atoms with Crippen molar-refractivity contribution in [1.82, 2.24) is 4.98 Å². The number of aromatic hydroxyl groups is 1. The topological polar surface area (TPSA) is 79.7 Å². The molecular formula is C8H6F3NO4. The SMILES string of the molecule is Cc1ncc(C(=O)O)c(OC(F)(F)F)c1O. The lowest BCUT2D eigenvalue weighted by molar-refractivity contribution is -0.275. The molecule has 0 saturated heterocycles. The van der Waals surface area contributed by atoms with Crippen molar-refractivity contribution in [2.75, 3.05) is 0 Å². The van der Waals surface area contributed by atoms with E-state index in [9.17, 15) is 23.1 Å². The second-order valence-electron chi connectivity index (χ2n) is 2.79. The van der Waals surface area contributed by atoms with E-state index in [1.54, 1.807) is 0 Å². The number of alkyl halides is 3. The van der Waals surface area contributed by atoms with Crippen LogP contribution in [0, 0.1) is 6.92 Å². The summed E-state index contributed by atoms with van der Waals surface area (Å²) >= 11 is 0. The average molecular weight is 237 g/mol. The molecule has 0 spiro atoms. The molecule has 0 saturated carbocycles. The van der Waals surface area contributed by atoms with E-state index in [2.05, 4.69) is 9.72 Å². The zero-order valence-corrected chi connectivity index (χ0v) is 7.87. The van der Waals surface area contributed by atoms with Gasteiger partial charge < -0.3 is 14.9 Å². The normalized spacial score (nSPS) is 11.2. The highest BCUT2D eigenvalue weighted by molar-refractivity contribution is 5.91. The first-order chi connectivity index (χ1) is 7.22. The zero-order chi connectivity index (χ0) is 12.5. The van der Waals surface area contributed by atoms with Crippen LogP contribution in [0.15, 0.2) is 6.20 Å². The monoisotopic (exact) mass is 237 g/mol. The Kier molecular flexibility index (Phi) is 2.92. The average Bonchev–Trinajstić information content (AvgIpc) is 2.10. The lowest BCUT2D eigenvalue weighted by Gasteiger charge is -2.13. The molecule has 0 unspecified atom stereocenters. The van der Waals surface area contributed by atoms with Crippen LogP contribution in [0.1, 0.15) is 16.1 Å². The summed E-state index contributed by atoms with van der Waals surface area (Å²) in [5.74, 6) is -3.79. The van der Waals surface area contributed by atoms with Gasteiger partial charge in [0.1, 0.15) is 5.56 Å². The maximum absolute atomic E-state index is 11.9. The fourth-order valence-electron chi connectivity index (χ4n) is 0.944. The fourth-order valence-corrected chi connectivity index (χ4v) is 0.944. The molecule has 8 heteroatoms. The summed E-state index contributed by atoms with van der Waals surface area (Å²) in [5.41, 5.74) is -1.02. The number of aromatic nitrogens is 1. The second kappa shape index (κ2) is 3.87. The van der Waals surface area contributed by atoms with Gasteiger partial charge in [0.05, 0.1) is 5.69 Å². The molecule has 88 valence electrons. The number of halogens is 3. The third kappa shape index (κ3) is 2.53. The summed E-state index contributed by atoms with van der Waals surface area (Å²) in [7, 11) is 0. The van der Waals surface area contributed by atoms with Crippen LogP contribution in [0.4, 0.5) is 13.2 Å². The van der Waals surface area contributed by atoms with Gasteiger partial charge in [0, 0.05) is 6.20 Å². The standard InChI is InChI=1S/C8H6F3NO4/c1-3-5(13)6(16-8(9,10)11)4(2-12-3)7(14)15/h2,13H,1H3,(H,14,15). The van der Waals surface area contributed by atoms with Crippen LogP contribution in [0.3, 0.4) is 0 Å². The molecule has 0 radical (unpaired) electrons. The van der Waals surface area contributed by atoms with Gasteiger partial charge in [0.15, 0.2) is 11.5 Å². The van der Waals surface area contributed by atoms with E-state index in [1.165, 1.54) is 6.92 Å². The maximum Gasteiger partial charge on any atom is 0.573 e. The minimum Gasteiger partial charge on any atom is -0.503 e. The molecule has 1 aromatic rings. The van der Waals surface area contributed by atoms with Crippen molar-refractivity contribution < 1.29 is 32.9 Å². The summed E-state index contributed by atoms with van der Waals surface area (Å²) in [6, 6.07) is 0. The first-order valence-electron chi connectivity index (χ1n) is 3.90. The van der Waals surface area contributed by atoms with Crippen LogP contribution in [0.25, 0.3) is 0 Å². The van der Waals surface area contributed by atoms with Gasteiger partial charge in [-0.2, -0.15) is 0 Å². The first kappa shape index (κ1) is 12.1. The van der Waals surface area contributed by atoms with Crippen molar-refractivity contribution in [2.45, 2.75) is 13.3 Å². The number of carboxylic acids is 1. The Bertz CT molecular complexity index is 430. The van der Waals surface area contributed by atoms with Crippen LogP contribution in [0.2, 0.25) is 0 Å². The van der Waals surface area contributed by atoms with Crippen molar-refractivity contribution in [3.05, 3.63) is 17.5 Å². The quantitative estimate of drug-likeness (QED) is 0.818. The smallest absolute Gasteiger partial charge is 0.503 e. The fraction of sp³-hybridized carbons (Fsp3) is 0.250. The number of aryl methyl sites for hydroxylation is 1. The molecule has 0 aliphatic carbocycles. The van der Waals surface area contributed by atoms with Gasteiger partial charge in [0.25, 0.3) is 0 Å². The molecule has 0 amide bonds. The Balaban J connectivity index is 3.32. The summed E-state index contributed by atoms with van der Waals surface area (Å²) in [6.45, 7) is 1.21. The number of ether oxygens (including phenoxy) is 1. The van der Waals surface area contributed by atoms with Gasteiger partial charge in [-0.15, -0.1) is 13.2 Å². The lowest BCUT2D eigenvalue weighted by Crippen LogP contribution is -2.19. The molecule has 0 bridgehead atoms. The van der Waals surface area contributed by atoms with Gasteiger partial charge in [-0.1, -0.05) is 0 Å². The van der Waals surface area contributed by atoms with Crippen molar-refractivity contribution in [2.24, 2.45) is 0 Å². The molecule has 1 aromatic heterocycles. The highest BCUT2D eigenvalue weighted by atomic mass is 19.4. The molecule has 1 rings (SSSR count). The highest BCUT2D eigenvalue weighted by Gasteiger charge is 2.35. The number of nitrogens with zero attached hydrogens (tertiary/aromatic N) is 1. The van der Waals surface area contributed by atoms with E-state index in [1.807, 2.05) is 0 Å². The summed E-state index contributed by atoms with van der Waals surface area (Å²) < 4.78 is 39.3. The zero-order valence-electron chi connectivity index (χ0n) is 7.87. The van der Waals surface area contributed by atoms with Crippen LogP contribution in [-0.4, -0.2) is 27.5 Å². The van der Waals surface area contributed by atoms with E-state index in [0.717, 1.165) is 0 Å². The van der Waals surface area contributed by atoms with Crippen molar-refractivity contribution in [3.8, 4) is 11.5 Å². The van der Waals surface area contributed by atoms with E-state index < -0.39 is 29.4 Å². The number of hydrogen-bond donors (Lipinski definition) is 2. The second-order valence-corrected chi connectivity index (χ2v) is 2.79. The molecule has 2 N–H and O–H groups in total. The van der Waals surface area contributed by atoms with Gasteiger partial charge in [-0.3, -0.25) is 4.98 Å². The van der Waals surface area contributed by atoms with Gasteiger partial charge in [-0.25, -0.2) is 4.79 Å². The molecule has 1 heterocycles. The first-order valence-corrected chi connectivity index (χ1v) is 3.90. The minimum absolute atomic E-state index is 0.163. The number of aromatic carboxylic acids is 1. The molecule has 0 aliphatic rings. The van der Waals surface area contributed by atoms with Crippen molar-refractivity contribution in [3.63, 3.8) is 0 Å². The molecule has 0 aromatic carbocycles. The maximum atomic E-state index is 11.9. The predicted molar refractivity (Wildman–Crippen MR) is 44.3 cm³/mol. The molecule has 5 nitrogen and oxygen atoms in total. The summed E-state index contributed by atoms with van der Waals surface area (Å²) in [5, 5.41) is 17.8. The Morgan fingerprint density at radius 3 is 2.50 bits per heavy atom. The van der Waals surface area contributed by atoms with E-state index >= 15 is 0 Å². The number of carboxylic acid groups (broad SMARTS) is 1. The molecule has 0 aliphatic heterocycles. The Morgan fingerprint density at radius 1 is 1.50 bits per heavy atom. The van der Waals surface area contributed by atoms with Gasteiger partial charge >= 0.3 is 12.3 Å². The third-order valence-corrected chi connectivity index (χ3v) is 1.64. The van der Waals surface area contributed by atoms with Crippen LogP contribution in [-0.2, 0) is 0 Å². The van der Waals surface area contributed by atoms with Crippen LogP contribution >= 0.6 is 0 Å². The summed E-state index contributed by atoms with van der Waals surface area (Å²) in [4.78, 5) is 14.0. The van der Waals surface area contributed by atoms with Gasteiger partial charge in [-0.05, 0) is 6.92 Å². The van der Waals surface area contributed by atoms with E-state index in [-0.39, 0.29) is 5.69 Å². The highest BCUT2D eigenvalue weighted by Crippen LogP contribution is 2.35. The van der Waals surface area contributed by atoms with Crippen molar-refractivity contribution in [1.29, 1.82) is 0 Å². The largest absolute Gasteiger partial charge is 0.573 e. The molecular weight excluding hydrogens is 231 g/mol. The molecule has 16 heavy (non-hydrogen) atoms. The van der Waals surface area contributed by atoms with E-state index in [0.29, 0.717) is 6.20 Å². The number of pyridine rings is 1. The predicted octanol–water partition coefficient (Wildman–Crippen LogP) is 1.69. The van der Waals surface area contributed by atoms with Gasteiger partial charge in [0.2, 0.25) is 0 Å². The third-order valence-electron chi connectivity index (χ3n) is 1.64. The Morgan fingerprint density at radius 2 is 2.06 bits per heavy atom. The van der Waals surface area contributed by atoms with Crippen LogP contribution < -0.4 is 4.74 Å². The minimum atomic E-state index is -5.09. The van der Waals surface area contributed by atoms with Crippen molar-refractivity contribution >= 4 is 5.97 Å². The Hall–Kier alpha value is -1.99. The number of hydrogen-bond acceptors (Lipinski definition) is 4. The number of carbonyl (C=O) groups is 1. The van der Waals surface area contributed by atoms with E-state index in [4.69, 9.17) is 5.11 Å². The Labute approximate surface area is 87.1 Å². The summed E-state index contributed by atoms with van der Waals surface area (Å²) in [6.07, 6.45) is -4.41. The molecule has 0 fully saturated rings. The number of rotatable bonds is 2.